The first-order chi connectivity index (χ1) is 13.7. The highest BCUT2D eigenvalue weighted by molar-refractivity contribution is 5.77. The second-order valence-electron chi connectivity index (χ2n) is 8.19. The fourth-order valence-corrected chi connectivity index (χ4v) is 4.67. The van der Waals surface area contributed by atoms with Crippen LogP contribution in [0.3, 0.4) is 0 Å². The lowest BCUT2D eigenvalue weighted by Gasteiger charge is -2.48. The maximum atomic E-state index is 12.5. The van der Waals surface area contributed by atoms with Gasteiger partial charge in [-0.1, -0.05) is 6.07 Å². The molecule has 0 aliphatic carbocycles. The summed E-state index contributed by atoms with van der Waals surface area (Å²) in [5.41, 5.74) is 1.31. The monoisotopic (exact) mass is 383 g/mol. The van der Waals surface area contributed by atoms with Gasteiger partial charge in [0.2, 0.25) is 5.91 Å². The molecule has 0 radical (unpaired) electrons. The van der Waals surface area contributed by atoms with Crippen molar-refractivity contribution >= 4 is 5.91 Å². The minimum absolute atomic E-state index is 0.255. The van der Waals surface area contributed by atoms with Gasteiger partial charge < -0.3 is 9.80 Å². The van der Waals surface area contributed by atoms with Gasteiger partial charge in [0.05, 0.1) is 0 Å². The quantitative estimate of drug-likeness (QED) is 0.719. The lowest BCUT2D eigenvalue weighted by atomic mass is 9.73. The first kappa shape index (κ1) is 19.0. The molecule has 2 aliphatic rings. The van der Waals surface area contributed by atoms with Crippen LogP contribution in [0.5, 0.6) is 0 Å². The number of carbonyl (C=O) groups is 1. The van der Waals surface area contributed by atoms with E-state index in [4.69, 9.17) is 0 Å². The van der Waals surface area contributed by atoms with Crippen LogP contribution in [0.4, 0.5) is 0 Å². The van der Waals surface area contributed by atoms with Gasteiger partial charge in [0, 0.05) is 56.3 Å². The lowest BCUT2D eigenvalue weighted by molar-refractivity contribution is -0.139. The van der Waals surface area contributed by atoms with E-state index >= 15 is 0 Å². The first-order valence-electron chi connectivity index (χ1n) is 10.3. The Morgan fingerprint density at radius 1 is 1.11 bits per heavy atom. The zero-order valence-corrected chi connectivity index (χ0v) is 16.4. The average Bonchev–Trinajstić information content (AvgIpc) is 3.24. The Balaban J connectivity index is 1.30. The van der Waals surface area contributed by atoms with Crippen molar-refractivity contribution < 1.29 is 4.79 Å². The van der Waals surface area contributed by atoms with Crippen LogP contribution in [-0.4, -0.2) is 73.6 Å². The highest BCUT2D eigenvalue weighted by Gasteiger charge is 2.41. The number of carbonyl (C=O) groups excluding carboxylic acids is 1. The number of aromatic nitrogens is 5. The lowest BCUT2D eigenvalue weighted by Crippen LogP contribution is -2.54. The van der Waals surface area contributed by atoms with E-state index in [9.17, 15) is 4.79 Å². The fraction of sp³-hybridized carbons (Fsp3) is 0.650. The van der Waals surface area contributed by atoms with Gasteiger partial charge in [0.1, 0.15) is 6.33 Å². The van der Waals surface area contributed by atoms with Crippen LogP contribution in [-0.2, 0) is 17.8 Å². The molecule has 0 bridgehead atoms. The van der Waals surface area contributed by atoms with E-state index in [1.54, 1.807) is 11.0 Å². The van der Waals surface area contributed by atoms with Crippen LogP contribution in [0.1, 0.15) is 37.8 Å². The number of aryl methyl sites for hydroxylation is 1. The molecule has 1 atom stereocenters. The summed E-state index contributed by atoms with van der Waals surface area (Å²) in [4.78, 5) is 21.5. The van der Waals surface area contributed by atoms with E-state index < -0.39 is 0 Å². The largest absolute Gasteiger partial charge is 0.342 e. The van der Waals surface area contributed by atoms with Crippen LogP contribution in [0, 0.1) is 5.41 Å². The van der Waals surface area contributed by atoms with E-state index in [2.05, 4.69) is 30.3 Å². The third-order valence-electron chi connectivity index (χ3n) is 6.11. The molecule has 2 aromatic heterocycles. The van der Waals surface area contributed by atoms with Crippen molar-refractivity contribution in [2.75, 3.05) is 32.7 Å². The second kappa shape index (κ2) is 8.77. The van der Waals surface area contributed by atoms with Gasteiger partial charge in [-0.25, -0.2) is 4.68 Å². The Morgan fingerprint density at radius 2 is 2.07 bits per heavy atom. The minimum Gasteiger partial charge on any atom is -0.342 e. The zero-order valence-electron chi connectivity index (χ0n) is 16.4. The number of amides is 1. The van der Waals surface area contributed by atoms with Crippen molar-refractivity contribution in [3.05, 3.63) is 36.4 Å². The predicted octanol–water partition coefficient (Wildman–Crippen LogP) is 1.41. The molecule has 8 nitrogen and oxygen atoms in total. The van der Waals surface area contributed by atoms with Gasteiger partial charge in [-0.3, -0.25) is 9.78 Å². The summed E-state index contributed by atoms with van der Waals surface area (Å²) in [6.45, 7) is 5.82. The normalized spacial score (nSPS) is 23.4. The van der Waals surface area contributed by atoms with Crippen molar-refractivity contribution in [3.8, 4) is 0 Å². The molecule has 0 unspecified atom stereocenters. The molecule has 0 saturated carbocycles. The third kappa shape index (κ3) is 4.73. The van der Waals surface area contributed by atoms with Crippen molar-refractivity contribution in [2.45, 2.75) is 45.1 Å². The topological polar surface area (TPSA) is 80.0 Å². The molecule has 1 amide bonds. The summed E-state index contributed by atoms with van der Waals surface area (Å²) in [5, 5.41) is 11.3. The average molecular weight is 384 g/mol. The van der Waals surface area contributed by atoms with Crippen molar-refractivity contribution in [3.63, 3.8) is 0 Å². The highest BCUT2D eigenvalue weighted by Crippen LogP contribution is 2.38. The van der Waals surface area contributed by atoms with Crippen LogP contribution in [0.15, 0.2) is 30.7 Å². The Morgan fingerprint density at radius 3 is 2.89 bits per heavy atom. The molecule has 1 spiro atoms. The number of pyridine rings is 1. The molecule has 28 heavy (non-hydrogen) atoms. The van der Waals surface area contributed by atoms with Crippen LogP contribution in [0.2, 0.25) is 0 Å². The van der Waals surface area contributed by atoms with Crippen molar-refractivity contribution in [1.29, 1.82) is 0 Å². The molecule has 2 fully saturated rings. The summed E-state index contributed by atoms with van der Waals surface area (Å²) < 4.78 is 1.79. The molecule has 4 rings (SSSR count). The number of rotatable bonds is 7. The van der Waals surface area contributed by atoms with Gasteiger partial charge >= 0.3 is 0 Å². The number of tetrazole rings is 1. The molecular weight excluding hydrogens is 354 g/mol. The molecular formula is C20H29N7O. The Kier molecular flexibility index (Phi) is 5.95. The number of nitrogens with zero attached hydrogens (tertiary/aromatic N) is 7. The number of hydrogen-bond acceptors (Lipinski definition) is 6. The Hall–Kier alpha value is -2.35. The summed E-state index contributed by atoms with van der Waals surface area (Å²) >= 11 is 0. The van der Waals surface area contributed by atoms with E-state index in [1.165, 1.54) is 12.8 Å². The Labute approximate surface area is 165 Å². The van der Waals surface area contributed by atoms with E-state index in [0.717, 1.165) is 64.2 Å². The molecule has 2 aliphatic heterocycles. The van der Waals surface area contributed by atoms with Gasteiger partial charge in [0.25, 0.3) is 0 Å². The summed E-state index contributed by atoms with van der Waals surface area (Å²) in [5.74, 6) is 0.303. The molecule has 150 valence electrons. The minimum atomic E-state index is 0.255. The van der Waals surface area contributed by atoms with Gasteiger partial charge in [-0.05, 0) is 61.3 Å². The Bertz CT molecular complexity index is 751. The second-order valence-corrected chi connectivity index (χ2v) is 8.19. The number of likely N-dealkylation sites (tertiary alicyclic amines) is 2. The van der Waals surface area contributed by atoms with Gasteiger partial charge in [-0.2, -0.15) is 0 Å². The van der Waals surface area contributed by atoms with Crippen molar-refractivity contribution in [1.82, 2.24) is 35.0 Å². The van der Waals surface area contributed by atoms with Crippen molar-refractivity contribution in [2.24, 2.45) is 5.41 Å². The zero-order chi connectivity index (χ0) is 19.2. The van der Waals surface area contributed by atoms with Crippen LogP contribution in [0.25, 0.3) is 0 Å². The molecule has 2 aromatic rings. The molecule has 4 heterocycles. The molecule has 0 N–H and O–H groups in total. The molecule has 8 heteroatoms. The van der Waals surface area contributed by atoms with E-state index in [-0.39, 0.29) is 5.41 Å². The smallest absolute Gasteiger partial charge is 0.222 e. The van der Waals surface area contributed by atoms with E-state index in [0.29, 0.717) is 12.3 Å². The van der Waals surface area contributed by atoms with Gasteiger partial charge in [-0.15, -0.1) is 5.10 Å². The SMILES string of the molecule is O=C1CC[C@]2(CCCN(CCCn3cnnn3)C2)CN1CCc1ccccn1. The van der Waals surface area contributed by atoms with Crippen LogP contribution >= 0.6 is 0 Å². The van der Waals surface area contributed by atoms with Gasteiger partial charge in [0.15, 0.2) is 0 Å². The number of piperidine rings is 2. The standard InChI is InChI=1S/C20H29N7O/c28-19-6-9-20(16-26(19)14-7-18-5-1-2-10-21-18)8-3-11-25(15-20)12-4-13-27-17-22-23-24-27/h1-2,5,10,17H,3-4,6-9,11-16H2/t20-/m0/s1. The maximum absolute atomic E-state index is 12.5. The highest BCUT2D eigenvalue weighted by atomic mass is 16.2. The first-order valence-corrected chi connectivity index (χ1v) is 10.3. The third-order valence-corrected chi connectivity index (χ3v) is 6.11. The summed E-state index contributed by atoms with van der Waals surface area (Å²) in [6, 6.07) is 5.98. The summed E-state index contributed by atoms with van der Waals surface area (Å²) in [6.07, 6.45) is 9.52. The maximum Gasteiger partial charge on any atom is 0.222 e. The van der Waals surface area contributed by atoms with E-state index in [1.807, 2.05) is 24.4 Å². The number of hydrogen-bond donors (Lipinski definition) is 0. The predicted molar refractivity (Wildman–Crippen MR) is 104 cm³/mol. The van der Waals surface area contributed by atoms with Crippen LogP contribution < -0.4 is 0 Å². The molecule has 2 saturated heterocycles. The fourth-order valence-electron chi connectivity index (χ4n) is 4.67. The molecule has 0 aromatic carbocycles. The summed E-state index contributed by atoms with van der Waals surface area (Å²) in [7, 11) is 0.